The van der Waals surface area contributed by atoms with E-state index < -0.39 is 0 Å². The molecular formula is C18H23N3O2S. The van der Waals surface area contributed by atoms with Gasteiger partial charge < -0.3 is 10.2 Å². The number of benzene rings is 1. The lowest BCUT2D eigenvalue weighted by Crippen LogP contribution is -2.40. The van der Waals surface area contributed by atoms with Gasteiger partial charge >= 0.3 is 0 Å². The Bertz CT molecular complexity index is 710. The van der Waals surface area contributed by atoms with Crippen molar-refractivity contribution in [2.75, 3.05) is 33.2 Å². The van der Waals surface area contributed by atoms with Crippen molar-refractivity contribution in [2.45, 2.75) is 13.5 Å². The van der Waals surface area contributed by atoms with E-state index in [0.717, 1.165) is 13.1 Å². The van der Waals surface area contributed by atoms with Crippen molar-refractivity contribution >= 4 is 33.2 Å². The van der Waals surface area contributed by atoms with Crippen molar-refractivity contribution in [1.29, 1.82) is 0 Å². The summed E-state index contributed by atoms with van der Waals surface area (Å²) in [5.41, 5.74) is 0. The highest BCUT2D eigenvalue weighted by Crippen LogP contribution is 2.27. The molecule has 0 radical (unpaired) electrons. The summed E-state index contributed by atoms with van der Waals surface area (Å²) >= 11 is 1.80. The van der Waals surface area contributed by atoms with Crippen molar-refractivity contribution in [3.8, 4) is 0 Å². The molecule has 0 aliphatic carbocycles. The predicted octanol–water partition coefficient (Wildman–Crippen LogP) is 1.93. The second-order valence-corrected chi connectivity index (χ2v) is 7.43. The van der Waals surface area contributed by atoms with E-state index >= 15 is 0 Å². The number of nitrogens with zero attached hydrogens (tertiary/aromatic N) is 2. The molecule has 1 N–H and O–H groups in total. The smallest absolute Gasteiger partial charge is 0.225 e. The van der Waals surface area contributed by atoms with Crippen LogP contribution in [0.25, 0.3) is 10.1 Å². The zero-order valence-electron chi connectivity index (χ0n) is 14.1. The van der Waals surface area contributed by atoms with Crippen LogP contribution in [0.1, 0.15) is 11.8 Å². The maximum absolute atomic E-state index is 12.2. The van der Waals surface area contributed by atoms with Crippen molar-refractivity contribution < 1.29 is 9.59 Å². The molecule has 2 aromatic rings. The molecule has 0 bridgehead atoms. The van der Waals surface area contributed by atoms with E-state index in [9.17, 15) is 9.59 Å². The Hall–Kier alpha value is -1.92. The van der Waals surface area contributed by atoms with Crippen molar-refractivity contribution in [3.05, 3.63) is 35.2 Å². The Morgan fingerprint density at radius 1 is 1.25 bits per heavy atom. The molecule has 128 valence electrons. The molecule has 1 fully saturated rings. The average Bonchev–Trinajstić information content (AvgIpc) is 2.85. The Labute approximate surface area is 146 Å². The fourth-order valence-electron chi connectivity index (χ4n) is 3.21. The van der Waals surface area contributed by atoms with Gasteiger partial charge in [0.25, 0.3) is 0 Å². The number of thiophene rings is 1. The first kappa shape index (κ1) is 16.9. The van der Waals surface area contributed by atoms with Gasteiger partial charge in [-0.1, -0.05) is 18.2 Å². The third-order valence-corrected chi connectivity index (χ3v) is 5.62. The zero-order chi connectivity index (χ0) is 17.1. The molecule has 5 nitrogen and oxygen atoms in total. The first-order valence-corrected chi connectivity index (χ1v) is 9.05. The number of carbonyl (C=O) groups excluding carboxylic acids is 2. The maximum Gasteiger partial charge on any atom is 0.225 e. The third kappa shape index (κ3) is 3.76. The molecule has 0 saturated carbocycles. The van der Waals surface area contributed by atoms with Gasteiger partial charge in [-0.25, -0.2) is 0 Å². The second-order valence-electron chi connectivity index (χ2n) is 6.26. The highest BCUT2D eigenvalue weighted by atomic mass is 32.1. The molecular weight excluding hydrogens is 322 g/mol. The first-order chi connectivity index (χ1) is 11.6. The highest BCUT2D eigenvalue weighted by Gasteiger charge is 2.28. The Kier molecular flexibility index (Phi) is 5.16. The van der Waals surface area contributed by atoms with Gasteiger partial charge in [-0.3, -0.25) is 14.5 Å². The van der Waals surface area contributed by atoms with Gasteiger partial charge in [0.05, 0.1) is 5.92 Å². The van der Waals surface area contributed by atoms with Crippen LogP contribution in [0.3, 0.4) is 0 Å². The Balaban J connectivity index is 1.76. The molecule has 1 atom stereocenters. The van der Waals surface area contributed by atoms with Crippen LogP contribution in [-0.2, 0) is 16.1 Å². The summed E-state index contributed by atoms with van der Waals surface area (Å²) in [6.07, 6.45) is 0. The topological polar surface area (TPSA) is 52.7 Å². The third-order valence-electron chi connectivity index (χ3n) is 4.52. The summed E-state index contributed by atoms with van der Waals surface area (Å²) in [5, 5.41) is 3.99. The van der Waals surface area contributed by atoms with Crippen LogP contribution in [0, 0.1) is 5.92 Å². The first-order valence-electron chi connectivity index (χ1n) is 8.23. The second kappa shape index (κ2) is 7.32. The molecule has 3 rings (SSSR count). The Morgan fingerprint density at radius 3 is 2.75 bits per heavy atom. The van der Waals surface area contributed by atoms with Gasteiger partial charge in [-0.15, -0.1) is 11.3 Å². The molecule has 1 aliphatic rings. The fourth-order valence-corrected chi connectivity index (χ4v) is 4.32. The normalized spacial score (nSPS) is 19.2. The molecule has 6 heteroatoms. The van der Waals surface area contributed by atoms with Crippen molar-refractivity contribution in [1.82, 2.24) is 15.1 Å². The van der Waals surface area contributed by atoms with Crippen LogP contribution < -0.4 is 5.32 Å². The summed E-state index contributed by atoms with van der Waals surface area (Å²) in [5.74, 6) is -0.145. The number of hydrogen-bond acceptors (Lipinski definition) is 4. The summed E-state index contributed by atoms with van der Waals surface area (Å²) in [4.78, 5) is 29.3. The lowest BCUT2D eigenvalue weighted by atomic mass is 10.1. The minimum Gasteiger partial charge on any atom is -0.359 e. The summed E-state index contributed by atoms with van der Waals surface area (Å²) in [7, 11) is 1.65. The molecule has 1 aromatic heterocycles. The quantitative estimate of drug-likeness (QED) is 0.925. The Morgan fingerprint density at radius 2 is 2.04 bits per heavy atom. The monoisotopic (exact) mass is 345 g/mol. The minimum atomic E-state index is -0.184. The van der Waals surface area contributed by atoms with Gasteiger partial charge in [0.2, 0.25) is 11.8 Å². The fraction of sp³-hybridized carbons (Fsp3) is 0.444. The lowest BCUT2D eigenvalue weighted by molar-refractivity contribution is -0.130. The van der Waals surface area contributed by atoms with E-state index in [1.165, 1.54) is 15.0 Å². The SMILES string of the molecule is CNC(=O)C1CN(Cc2cc3ccccc3s2)CCN(C(C)=O)C1. The largest absolute Gasteiger partial charge is 0.359 e. The highest BCUT2D eigenvalue weighted by molar-refractivity contribution is 7.19. The van der Waals surface area contributed by atoms with E-state index in [0.29, 0.717) is 19.6 Å². The summed E-state index contributed by atoms with van der Waals surface area (Å²) in [6, 6.07) is 10.6. The van der Waals surface area contributed by atoms with Crippen LogP contribution >= 0.6 is 11.3 Å². The van der Waals surface area contributed by atoms with E-state index in [1.54, 1.807) is 30.2 Å². The molecule has 1 saturated heterocycles. The number of nitrogens with one attached hydrogen (secondary N) is 1. The number of rotatable bonds is 3. The standard InChI is InChI=1S/C18H23N3O2S/c1-13(22)21-8-7-20(10-15(11-21)18(23)19-2)12-16-9-14-5-3-4-6-17(14)24-16/h3-6,9,15H,7-8,10-12H2,1-2H3,(H,19,23). The van der Waals surface area contributed by atoms with Gasteiger partial charge in [0.15, 0.2) is 0 Å². The molecule has 1 unspecified atom stereocenters. The number of amides is 2. The van der Waals surface area contributed by atoms with Crippen molar-refractivity contribution in [3.63, 3.8) is 0 Å². The summed E-state index contributed by atoms with van der Waals surface area (Å²) < 4.78 is 1.29. The molecule has 1 aromatic carbocycles. The average molecular weight is 345 g/mol. The summed E-state index contributed by atoms with van der Waals surface area (Å²) in [6.45, 7) is 5.03. The molecule has 2 heterocycles. The van der Waals surface area contributed by atoms with Crippen LogP contribution in [0.2, 0.25) is 0 Å². The van der Waals surface area contributed by atoms with Crippen LogP contribution in [-0.4, -0.2) is 54.8 Å². The van der Waals surface area contributed by atoms with E-state index in [4.69, 9.17) is 0 Å². The number of hydrogen-bond donors (Lipinski definition) is 1. The van der Waals surface area contributed by atoms with Gasteiger partial charge in [-0.05, 0) is 17.5 Å². The maximum atomic E-state index is 12.2. The number of fused-ring (bicyclic) bond motifs is 1. The van der Waals surface area contributed by atoms with E-state index in [-0.39, 0.29) is 17.7 Å². The molecule has 24 heavy (non-hydrogen) atoms. The van der Waals surface area contributed by atoms with Crippen LogP contribution in [0.5, 0.6) is 0 Å². The van der Waals surface area contributed by atoms with Gasteiger partial charge in [-0.2, -0.15) is 0 Å². The van der Waals surface area contributed by atoms with E-state index in [2.05, 4.69) is 40.5 Å². The van der Waals surface area contributed by atoms with Crippen LogP contribution in [0.4, 0.5) is 0 Å². The van der Waals surface area contributed by atoms with Crippen LogP contribution in [0.15, 0.2) is 30.3 Å². The molecule has 1 aliphatic heterocycles. The zero-order valence-corrected chi connectivity index (χ0v) is 14.9. The van der Waals surface area contributed by atoms with Crippen molar-refractivity contribution in [2.24, 2.45) is 5.92 Å². The number of carbonyl (C=O) groups is 2. The van der Waals surface area contributed by atoms with Gasteiger partial charge in [0.1, 0.15) is 0 Å². The van der Waals surface area contributed by atoms with Gasteiger partial charge in [0, 0.05) is 56.3 Å². The van der Waals surface area contributed by atoms with E-state index in [1.807, 2.05) is 0 Å². The molecule has 2 amide bonds. The lowest BCUT2D eigenvalue weighted by Gasteiger charge is -2.22. The minimum absolute atomic E-state index is 0.00416. The predicted molar refractivity (Wildman–Crippen MR) is 96.9 cm³/mol. The molecule has 0 spiro atoms.